The molecule has 21 heavy (non-hydrogen) atoms. The summed E-state index contributed by atoms with van der Waals surface area (Å²) < 4.78 is 42.1. The van der Waals surface area contributed by atoms with Gasteiger partial charge in [0.05, 0.1) is 6.04 Å². The first-order valence-corrected chi connectivity index (χ1v) is 6.53. The van der Waals surface area contributed by atoms with Crippen LogP contribution in [0, 0.1) is 0 Å². The Hall–Kier alpha value is -2.02. The van der Waals surface area contributed by atoms with E-state index in [2.05, 4.69) is 9.72 Å². The van der Waals surface area contributed by atoms with Crippen LogP contribution in [0.2, 0.25) is 0 Å². The highest BCUT2D eigenvalue weighted by atomic mass is 19.4. The minimum Gasteiger partial charge on any atom is -0.406 e. The normalized spacial score (nSPS) is 13.2. The van der Waals surface area contributed by atoms with E-state index in [-0.39, 0.29) is 5.75 Å². The first-order chi connectivity index (χ1) is 9.90. The molecule has 0 bridgehead atoms. The number of ether oxygens (including phenoxy) is 1. The Kier molecular flexibility index (Phi) is 4.52. The van der Waals surface area contributed by atoms with Gasteiger partial charge in [0.1, 0.15) is 11.6 Å². The molecule has 0 saturated carbocycles. The van der Waals surface area contributed by atoms with Gasteiger partial charge in [-0.2, -0.15) is 0 Å². The zero-order valence-corrected chi connectivity index (χ0v) is 11.5. The summed E-state index contributed by atoms with van der Waals surface area (Å²) in [6.07, 6.45) is -0.263. The quantitative estimate of drug-likeness (QED) is 0.922. The molecule has 0 fully saturated rings. The molecule has 0 saturated heterocycles. The molecule has 0 aliphatic heterocycles. The van der Waals surface area contributed by atoms with Crippen LogP contribution in [0.4, 0.5) is 13.2 Å². The van der Waals surface area contributed by atoms with Crippen molar-refractivity contribution in [2.24, 2.45) is 5.73 Å². The third kappa shape index (κ3) is 3.98. The van der Waals surface area contributed by atoms with Crippen LogP contribution in [0.1, 0.15) is 30.8 Å². The van der Waals surface area contributed by atoms with E-state index >= 15 is 0 Å². The minimum atomic E-state index is -4.69. The van der Waals surface area contributed by atoms with E-state index in [1.165, 1.54) is 24.3 Å². The predicted molar refractivity (Wildman–Crippen MR) is 71.7 cm³/mol. The molecule has 0 aliphatic carbocycles. The molecule has 1 atom stereocenters. The number of benzene rings is 1. The molecule has 7 heteroatoms. The number of halogens is 3. The van der Waals surface area contributed by atoms with E-state index in [4.69, 9.17) is 5.73 Å². The topological polar surface area (TPSA) is 53.1 Å². The summed E-state index contributed by atoms with van der Waals surface area (Å²) in [5, 5.41) is 0. The van der Waals surface area contributed by atoms with Crippen LogP contribution in [-0.2, 0) is 6.54 Å². The van der Waals surface area contributed by atoms with Crippen LogP contribution in [0.25, 0.3) is 0 Å². The molecule has 1 aromatic carbocycles. The Morgan fingerprint density at radius 1 is 1.29 bits per heavy atom. The number of aromatic nitrogens is 2. The summed E-state index contributed by atoms with van der Waals surface area (Å²) in [5.41, 5.74) is 6.80. The maximum Gasteiger partial charge on any atom is 0.573 e. The van der Waals surface area contributed by atoms with Crippen molar-refractivity contribution in [2.75, 3.05) is 0 Å². The molecular weight excluding hydrogens is 283 g/mol. The van der Waals surface area contributed by atoms with E-state index in [0.29, 0.717) is 11.4 Å². The molecule has 2 rings (SSSR count). The van der Waals surface area contributed by atoms with Crippen molar-refractivity contribution in [3.05, 3.63) is 48.0 Å². The Bertz CT molecular complexity index is 578. The standard InChI is InChI=1S/C14H16F3N3O/c1-2-8-20-9-7-19-13(20)12(18)10-3-5-11(6-4-10)21-14(15,16)17/h3-7,9,12H,2,8,18H2,1H3. The van der Waals surface area contributed by atoms with E-state index in [9.17, 15) is 13.2 Å². The number of aryl methyl sites for hydroxylation is 1. The molecule has 114 valence electrons. The maximum atomic E-state index is 12.1. The molecule has 0 amide bonds. The van der Waals surface area contributed by atoms with Gasteiger partial charge in [-0.3, -0.25) is 0 Å². The highest BCUT2D eigenvalue weighted by Gasteiger charge is 2.31. The Balaban J connectivity index is 2.16. The lowest BCUT2D eigenvalue weighted by molar-refractivity contribution is -0.274. The summed E-state index contributed by atoms with van der Waals surface area (Å²) in [4.78, 5) is 4.22. The van der Waals surface area contributed by atoms with E-state index in [1.807, 2.05) is 17.7 Å². The summed E-state index contributed by atoms with van der Waals surface area (Å²) in [7, 11) is 0. The van der Waals surface area contributed by atoms with Crippen molar-refractivity contribution < 1.29 is 17.9 Å². The third-order valence-corrected chi connectivity index (χ3v) is 2.96. The molecule has 2 aromatic rings. The average molecular weight is 299 g/mol. The van der Waals surface area contributed by atoms with Crippen molar-refractivity contribution in [2.45, 2.75) is 32.3 Å². The fourth-order valence-corrected chi connectivity index (χ4v) is 2.06. The van der Waals surface area contributed by atoms with Gasteiger partial charge in [-0.1, -0.05) is 19.1 Å². The second-order valence-corrected chi connectivity index (χ2v) is 4.57. The van der Waals surface area contributed by atoms with E-state index in [0.717, 1.165) is 13.0 Å². The smallest absolute Gasteiger partial charge is 0.406 e. The van der Waals surface area contributed by atoms with Gasteiger partial charge in [0, 0.05) is 18.9 Å². The molecule has 0 aliphatic rings. The fraction of sp³-hybridized carbons (Fsp3) is 0.357. The molecule has 0 spiro atoms. The van der Waals surface area contributed by atoms with Gasteiger partial charge in [-0.05, 0) is 24.1 Å². The second kappa shape index (κ2) is 6.17. The molecule has 1 unspecified atom stereocenters. The first-order valence-electron chi connectivity index (χ1n) is 6.53. The fourth-order valence-electron chi connectivity index (χ4n) is 2.06. The lowest BCUT2D eigenvalue weighted by atomic mass is 10.1. The second-order valence-electron chi connectivity index (χ2n) is 4.57. The monoisotopic (exact) mass is 299 g/mol. The first kappa shape index (κ1) is 15.4. The number of hydrogen-bond acceptors (Lipinski definition) is 3. The summed E-state index contributed by atoms with van der Waals surface area (Å²) >= 11 is 0. The molecule has 0 radical (unpaired) electrons. The van der Waals surface area contributed by atoms with E-state index < -0.39 is 12.4 Å². The van der Waals surface area contributed by atoms with Crippen molar-refractivity contribution in [1.29, 1.82) is 0 Å². The number of alkyl halides is 3. The van der Waals surface area contributed by atoms with Crippen LogP contribution in [0.15, 0.2) is 36.7 Å². The van der Waals surface area contributed by atoms with Crippen LogP contribution < -0.4 is 10.5 Å². The number of hydrogen-bond donors (Lipinski definition) is 1. The molecule has 1 aromatic heterocycles. The van der Waals surface area contributed by atoms with Gasteiger partial charge in [0.2, 0.25) is 0 Å². The van der Waals surface area contributed by atoms with E-state index in [1.54, 1.807) is 6.20 Å². The number of nitrogens with zero attached hydrogens (tertiary/aromatic N) is 2. The van der Waals surface area contributed by atoms with Crippen molar-refractivity contribution in [1.82, 2.24) is 9.55 Å². The van der Waals surface area contributed by atoms with Gasteiger partial charge >= 0.3 is 6.36 Å². The van der Waals surface area contributed by atoms with Gasteiger partial charge in [-0.25, -0.2) is 4.98 Å². The summed E-state index contributed by atoms with van der Waals surface area (Å²) in [6, 6.07) is 5.02. The van der Waals surface area contributed by atoms with Crippen molar-refractivity contribution in [3.63, 3.8) is 0 Å². The lowest BCUT2D eigenvalue weighted by Gasteiger charge is -2.15. The lowest BCUT2D eigenvalue weighted by Crippen LogP contribution is -2.19. The van der Waals surface area contributed by atoms with Crippen LogP contribution in [0.3, 0.4) is 0 Å². The van der Waals surface area contributed by atoms with Crippen molar-refractivity contribution in [3.8, 4) is 5.75 Å². The average Bonchev–Trinajstić information content (AvgIpc) is 2.86. The minimum absolute atomic E-state index is 0.268. The number of imidazole rings is 1. The zero-order chi connectivity index (χ0) is 15.5. The number of nitrogens with two attached hydrogens (primary N) is 1. The van der Waals surface area contributed by atoms with Gasteiger partial charge < -0.3 is 15.0 Å². The Labute approximate surface area is 120 Å². The highest BCUT2D eigenvalue weighted by molar-refractivity contribution is 5.32. The van der Waals surface area contributed by atoms with Crippen LogP contribution in [0.5, 0.6) is 5.75 Å². The maximum absolute atomic E-state index is 12.1. The van der Waals surface area contributed by atoms with Gasteiger partial charge in [0.25, 0.3) is 0 Å². The Morgan fingerprint density at radius 2 is 1.95 bits per heavy atom. The molecular formula is C14H16F3N3O. The molecule has 1 heterocycles. The number of rotatable bonds is 5. The largest absolute Gasteiger partial charge is 0.573 e. The Morgan fingerprint density at radius 3 is 2.52 bits per heavy atom. The SMILES string of the molecule is CCCn1ccnc1C(N)c1ccc(OC(F)(F)F)cc1. The highest BCUT2D eigenvalue weighted by Crippen LogP contribution is 2.25. The predicted octanol–water partition coefficient (Wildman–Crippen LogP) is 3.24. The van der Waals surface area contributed by atoms with Crippen LogP contribution in [-0.4, -0.2) is 15.9 Å². The van der Waals surface area contributed by atoms with Crippen LogP contribution >= 0.6 is 0 Å². The van der Waals surface area contributed by atoms with Gasteiger partial charge in [-0.15, -0.1) is 13.2 Å². The summed E-state index contributed by atoms with van der Waals surface area (Å²) in [6.45, 7) is 2.83. The zero-order valence-electron chi connectivity index (χ0n) is 11.5. The molecule has 4 nitrogen and oxygen atoms in total. The van der Waals surface area contributed by atoms with Crippen molar-refractivity contribution >= 4 is 0 Å². The summed E-state index contributed by atoms with van der Waals surface area (Å²) in [5.74, 6) is 0.414. The van der Waals surface area contributed by atoms with Gasteiger partial charge in [0.15, 0.2) is 0 Å². The molecule has 2 N–H and O–H groups in total. The third-order valence-electron chi connectivity index (χ3n) is 2.96.